The molecular formula is C48H31N. The molecule has 0 atom stereocenters. The second kappa shape index (κ2) is 11.1. The van der Waals surface area contributed by atoms with Crippen LogP contribution in [0.3, 0.4) is 0 Å². The predicted molar refractivity (Wildman–Crippen MR) is 210 cm³/mol. The Morgan fingerprint density at radius 1 is 0.245 bits per heavy atom. The number of aromatic nitrogens is 1. The molecule has 0 saturated carbocycles. The van der Waals surface area contributed by atoms with Crippen LogP contribution >= 0.6 is 0 Å². The van der Waals surface area contributed by atoms with Crippen LogP contribution in [0.1, 0.15) is 0 Å². The lowest BCUT2D eigenvalue weighted by molar-refractivity contribution is 1.19. The summed E-state index contributed by atoms with van der Waals surface area (Å²) in [6.07, 6.45) is 0. The number of benzene rings is 9. The summed E-state index contributed by atoms with van der Waals surface area (Å²) in [6.45, 7) is 0. The summed E-state index contributed by atoms with van der Waals surface area (Å²) in [5.41, 5.74) is 11.0. The van der Waals surface area contributed by atoms with Gasteiger partial charge >= 0.3 is 0 Å². The fourth-order valence-electron chi connectivity index (χ4n) is 7.66. The number of rotatable bonds is 4. The first-order chi connectivity index (χ1) is 24.3. The van der Waals surface area contributed by atoms with Crippen LogP contribution in [0, 0.1) is 0 Å². The Hall–Kier alpha value is -6.44. The second-order valence-corrected chi connectivity index (χ2v) is 13.0. The number of hydrogen-bond donors (Lipinski definition) is 0. The highest BCUT2D eigenvalue weighted by atomic mass is 15.0. The molecular weight excluding hydrogens is 591 g/mol. The van der Waals surface area contributed by atoms with Gasteiger partial charge in [-0.2, -0.15) is 0 Å². The minimum Gasteiger partial charge on any atom is -0.309 e. The molecule has 0 aliphatic heterocycles. The Morgan fingerprint density at radius 3 is 1.59 bits per heavy atom. The fourth-order valence-corrected chi connectivity index (χ4v) is 7.66. The van der Waals surface area contributed by atoms with E-state index in [4.69, 9.17) is 0 Å². The van der Waals surface area contributed by atoms with E-state index in [9.17, 15) is 0 Å². The third-order valence-corrected chi connectivity index (χ3v) is 10.2. The summed E-state index contributed by atoms with van der Waals surface area (Å²) < 4.78 is 2.41. The largest absolute Gasteiger partial charge is 0.309 e. The van der Waals surface area contributed by atoms with Gasteiger partial charge in [-0.05, 0) is 108 Å². The van der Waals surface area contributed by atoms with E-state index in [2.05, 4.69) is 193 Å². The predicted octanol–water partition coefficient (Wildman–Crippen LogP) is 13.2. The van der Waals surface area contributed by atoms with Crippen LogP contribution in [-0.2, 0) is 0 Å². The molecule has 1 aromatic heterocycles. The first-order valence-corrected chi connectivity index (χ1v) is 16.9. The van der Waals surface area contributed by atoms with Gasteiger partial charge in [0, 0.05) is 16.5 Å². The molecule has 9 aromatic carbocycles. The lowest BCUT2D eigenvalue weighted by Crippen LogP contribution is -1.94. The van der Waals surface area contributed by atoms with Crippen LogP contribution in [0.5, 0.6) is 0 Å². The van der Waals surface area contributed by atoms with E-state index in [0.717, 1.165) is 0 Å². The van der Waals surface area contributed by atoms with Crippen LogP contribution in [0.4, 0.5) is 0 Å². The van der Waals surface area contributed by atoms with Gasteiger partial charge in [-0.15, -0.1) is 0 Å². The molecule has 0 radical (unpaired) electrons. The van der Waals surface area contributed by atoms with Crippen LogP contribution in [0.15, 0.2) is 188 Å². The number of nitrogens with zero attached hydrogens (tertiary/aromatic N) is 1. The average Bonchev–Trinajstić information content (AvgIpc) is 3.51. The molecule has 228 valence electrons. The van der Waals surface area contributed by atoms with Crippen molar-refractivity contribution in [1.82, 2.24) is 4.57 Å². The number of hydrogen-bond acceptors (Lipinski definition) is 0. The molecule has 0 aliphatic rings. The van der Waals surface area contributed by atoms with E-state index >= 15 is 0 Å². The molecule has 10 rings (SSSR count). The minimum absolute atomic E-state index is 1.17. The van der Waals surface area contributed by atoms with Crippen molar-refractivity contribution in [3.05, 3.63) is 188 Å². The molecule has 0 spiro atoms. The van der Waals surface area contributed by atoms with Gasteiger partial charge < -0.3 is 4.57 Å². The van der Waals surface area contributed by atoms with Gasteiger partial charge in [-0.1, -0.05) is 146 Å². The molecule has 0 amide bonds. The van der Waals surface area contributed by atoms with Gasteiger partial charge in [0.05, 0.1) is 11.0 Å². The van der Waals surface area contributed by atoms with E-state index in [-0.39, 0.29) is 0 Å². The second-order valence-electron chi connectivity index (χ2n) is 13.0. The van der Waals surface area contributed by atoms with Crippen molar-refractivity contribution in [2.75, 3.05) is 0 Å². The highest BCUT2D eigenvalue weighted by Gasteiger charge is 2.14. The third kappa shape index (κ3) is 4.63. The topological polar surface area (TPSA) is 4.93 Å². The summed E-state index contributed by atoms with van der Waals surface area (Å²) in [6, 6.07) is 68.8. The van der Waals surface area contributed by atoms with E-state index in [1.807, 2.05) is 0 Å². The Bertz CT molecular complexity index is 2860. The zero-order valence-corrected chi connectivity index (χ0v) is 26.8. The van der Waals surface area contributed by atoms with E-state index in [0.29, 0.717) is 0 Å². The van der Waals surface area contributed by atoms with Gasteiger partial charge in [0.2, 0.25) is 0 Å². The Morgan fingerprint density at radius 2 is 0.755 bits per heavy atom. The van der Waals surface area contributed by atoms with Crippen molar-refractivity contribution >= 4 is 54.1 Å². The van der Waals surface area contributed by atoms with Crippen molar-refractivity contribution in [1.29, 1.82) is 0 Å². The Balaban J connectivity index is 1.02. The summed E-state index contributed by atoms with van der Waals surface area (Å²) in [5.74, 6) is 0. The first-order valence-electron chi connectivity index (χ1n) is 16.9. The highest BCUT2D eigenvalue weighted by molar-refractivity contribution is 6.11. The molecule has 1 heterocycles. The van der Waals surface area contributed by atoms with Crippen molar-refractivity contribution in [2.24, 2.45) is 0 Å². The highest BCUT2D eigenvalue weighted by Crippen LogP contribution is 2.37. The lowest BCUT2D eigenvalue weighted by Gasteiger charge is -2.11. The summed E-state index contributed by atoms with van der Waals surface area (Å²) in [5, 5.41) is 10.2. The zero-order valence-electron chi connectivity index (χ0n) is 26.8. The van der Waals surface area contributed by atoms with Gasteiger partial charge in [0.1, 0.15) is 0 Å². The van der Waals surface area contributed by atoms with E-state index in [1.165, 1.54) is 93.2 Å². The van der Waals surface area contributed by atoms with E-state index < -0.39 is 0 Å². The minimum atomic E-state index is 1.17. The molecule has 0 saturated heterocycles. The number of para-hydroxylation sites is 1. The van der Waals surface area contributed by atoms with Crippen molar-refractivity contribution < 1.29 is 0 Å². The first kappa shape index (κ1) is 27.7. The van der Waals surface area contributed by atoms with Crippen LogP contribution in [0.25, 0.3) is 93.2 Å². The lowest BCUT2D eigenvalue weighted by atomic mass is 9.96. The van der Waals surface area contributed by atoms with Gasteiger partial charge in [-0.25, -0.2) is 0 Å². The standard InChI is InChI=1S/C48H31N/c1-2-8-32(9-3-1)36-19-20-39-30-42(25-22-38(39)28-36)49-47-13-7-6-12-45(47)46-31-40(24-27-48(46)49)34-16-14-33(15-17-34)37-23-26-44-41(29-37)21-18-35-10-4-5-11-43(35)44/h1-31H. The average molecular weight is 622 g/mol. The molecule has 49 heavy (non-hydrogen) atoms. The molecule has 0 unspecified atom stereocenters. The van der Waals surface area contributed by atoms with Crippen molar-refractivity contribution in [3.63, 3.8) is 0 Å². The van der Waals surface area contributed by atoms with Gasteiger partial charge in [0.15, 0.2) is 0 Å². The van der Waals surface area contributed by atoms with E-state index in [1.54, 1.807) is 0 Å². The monoisotopic (exact) mass is 621 g/mol. The summed E-state index contributed by atoms with van der Waals surface area (Å²) in [7, 11) is 0. The van der Waals surface area contributed by atoms with Crippen molar-refractivity contribution in [3.8, 4) is 39.1 Å². The zero-order chi connectivity index (χ0) is 32.3. The Labute approximate surface area is 284 Å². The SMILES string of the molecule is c1ccc(-c2ccc3cc(-n4c5ccccc5c5cc(-c6ccc(-c7ccc8c(ccc9ccccc98)c7)cc6)ccc54)ccc3c2)cc1. The summed E-state index contributed by atoms with van der Waals surface area (Å²) >= 11 is 0. The molecule has 1 nitrogen and oxygen atoms in total. The molecule has 10 aromatic rings. The molecule has 0 bridgehead atoms. The summed E-state index contributed by atoms with van der Waals surface area (Å²) in [4.78, 5) is 0. The van der Waals surface area contributed by atoms with Crippen molar-refractivity contribution in [2.45, 2.75) is 0 Å². The maximum absolute atomic E-state index is 2.41. The third-order valence-electron chi connectivity index (χ3n) is 10.2. The molecule has 1 heteroatoms. The van der Waals surface area contributed by atoms with Crippen LogP contribution < -0.4 is 0 Å². The van der Waals surface area contributed by atoms with Gasteiger partial charge in [0.25, 0.3) is 0 Å². The van der Waals surface area contributed by atoms with Crippen LogP contribution in [-0.4, -0.2) is 4.57 Å². The molecule has 0 aliphatic carbocycles. The molecule has 0 fully saturated rings. The fraction of sp³-hybridized carbons (Fsp3) is 0. The molecule has 0 N–H and O–H groups in total. The quantitative estimate of drug-likeness (QED) is 0.172. The maximum Gasteiger partial charge on any atom is 0.0541 e. The Kier molecular flexibility index (Phi) is 6.25. The number of fused-ring (bicyclic) bond motifs is 7. The van der Waals surface area contributed by atoms with Gasteiger partial charge in [-0.3, -0.25) is 0 Å². The normalized spacial score (nSPS) is 11.7. The maximum atomic E-state index is 2.41. The van der Waals surface area contributed by atoms with Crippen LogP contribution in [0.2, 0.25) is 0 Å². The smallest absolute Gasteiger partial charge is 0.0541 e.